The number of aryl methyl sites for hydroxylation is 1. The molecule has 0 saturated carbocycles. The number of benzene rings is 2. The third-order valence-electron chi connectivity index (χ3n) is 4.37. The number of halogens is 1. The van der Waals surface area contributed by atoms with E-state index in [0.717, 1.165) is 29.8 Å². The van der Waals surface area contributed by atoms with Crippen LogP contribution in [0.1, 0.15) is 18.1 Å². The average Bonchev–Trinajstić information content (AvgIpc) is 2.52. The van der Waals surface area contributed by atoms with Crippen LogP contribution in [0.3, 0.4) is 0 Å². The molecule has 1 saturated heterocycles. The van der Waals surface area contributed by atoms with E-state index < -0.39 is 0 Å². The predicted octanol–water partition coefficient (Wildman–Crippen LogP) is 3.99. The van der Waals surface area contributed by atoms with Crippen LogP contribution in [0.5, 0.6) is 0 Å². The molecule has 0 bridgehead atoms. The number of piperazine rings is 1. The van der Waals surface area contributed by atoms with Crippen LogP contribution in [-0.4, -0.2) is 29.9 Å². The van der Waals surface area contributed by atoms with Crippen LogP contribution >= 0.6 is 15.9 Å². The molecule has 0 unspecified atom stereocenters. The van der Waals surface area contributed by atoms with Gasteiger partial charge in [0, 0.05) is 29.8 Å². The third kappa shape index (κ3) is 3.65. The van der Waals surface area contributed by atoms with E-state index in [2.05, 4.69) is 52.0 Å². The summed E-state index contributed by atoms with van der Waals surface area (Å²) in [6, 6.07) is 16.3. The Balaban J connectivity index is 1.73. The number of rotatable bonds is 3. The zero-order chi connectivity index (χ0) is 16.4. The summed E-state index contributed by atoms with van der Waals surface area (Å²) in [6.45, 7) is 6.53. The molecule has 1 amide bonds. The van der Waals surface area contributed by atoms with E-state index in [9.17, 15) is 4.79 Å². The predicted molar refractivity (Wildman–Crippen MR) is 97.5 cm³/mol. The van der Waals surface area contributed by atoms with Crippen LogP contribution < -0.4 is 4.90 Å². The minimum Gasteiger partial charge on any atom is -0.310 e. The summed E-state index contributed by atoms with van der Waals surface area (Å²) in [5.41, 5.74) is 3.49. The Kier molecular flexibility index (Phi) is 4.83. The van der Waals surface area contributed by atoms with Crippen molar-refractivity contribution in [3.8, 4) is 0 Å². The van der Waals surface area contributed by atoms with E-state index in [-0.39, 0.29) is 11.9 Å². The molecule has 1 aliphatic rings. The number of nitrogens with zero attached hydrogens (tertiary/aromatic N) is 2. The van der Waals surface area contributed by atoms with E-state index in [4.69, 9.17) is 0 Å². The standard InChI is InChI=1S/C19H21BrN2O/c1-14-5-3-6-16(11-14)13-21-9-10-22(19(23)15(21)2)18-8-4-7-17(20)12-18/h3-8,11-12,15H,9-10,13H2,1-2H3/t15-/m1/s1. The number of carbonyl (C=O) groups excluding carboxylic acids is 1. The first kappa shape index (κ1) is 16.2. The molecule has 1 fully saturated rings. The first-order chi connectivity index (χ1) is 11.0. The van der Waals surface area contributed by atoms with Crippen LogP contribution in [0.4, 0.5) is 5.69 Å². The Hall–Kier alpha value is -1.65. The zero-order valence-corrected chi connectivity index (χ0v) is 15.1. The summed E-state index contributed by atoms with van der Waals surface area (Å²) in [7, 11) is 0. The highest BCUT2D eigenvalue weighted by molar-refractivity contribution is 9.10. The summed E-state index contributed by atoms with van der Waals surface area (Å²) >= 11 is 3.48. The van der Waals surface area contributed by atoms with E-state index >= 15 is 0 Å². The van der Waals surface area contributed by atoms with E-state index in [1.807, 2.05) is 36.1 Å². The van der Waals surface area contributed by atoms with Crippen molar-refractivity contribution in [2.24, 2.45) is 0 Å². The fourth-order valence-electron chi connectivity index (χ4n) is 3.08. The first-order valence-corrected chi connectivity index (χ1v) is 8.70. The highest BCUT2D eigenvalue weighted by Gasteiger charge is 2.32. The molecular formula is C19H21BrN2O. The molecule has 2 aromatic rings. The van der Waals surface area contributed by atoms with Gasteiger partial charge in [-0.1, -0.05) is 51.8 Å². The molecule has 0 N–H and O–H groups in total. The van der Waals surface area contributed by atoms with Gasteiger partial charge in [0.2, 0.25) is 5.91 Å². The normalized spacial score (nSPS) is 19.2. The van der Waals surface area contributed by atoms with Gasteiger partial charge in [0.25, 0.3) is 0 Å². The Morgan fingerprint density at radius 1 is 1.13 bits per heavy atom. The number of hydrogen-bond donors (Lipinski definition) is 0. The van der Waals surface area contributed by atoms with Crippen LogP contribution in [-0.2, 0) is 11.3 Å². The molecule has 3 nitrogen and oxygen atoms in total. The van der Waals surface area contributed by atoms with Gasteiger partial charge < -0.3 is 4.90 Å². The van der Waals surface area contributed by atoms with E-state index in [0.29, 0.717) is 0 Å². The molecule has 0 aliphatic carbocycles. The van der Waals surface area contributed by atoms with Gasteiger partial charge in [-0.25, -0.2) is 0 Å². The number of amides is 1. The Morgan fingerprint density at radius 3 is 2.65 bits per heavy atom. The Bertz CT molecular complexity index is 716. The Labute approximate surface area is 146 Å². The lowest BCUT2D eigenvalue weighted by Gasteiger charge is -2.39. The summed E-state index contributed by atoms with van der Waals surface area (Å²) in [5, 5.41) is 0. The lowest BCUT2D eigenvalue weighted by Crippen LogP contribution is -2.55. The van der Waals surface area contributed by atoms with Crippen molar-refractivity contribution < 1.29 is 4.79 Å². The van der Waals surface area contributed by atoms with Crippen LogP contribution in [0.2, 0.25) is 0 Å². The molecule has 23 heavy (non-hydrogen) atoms. The smallest absolute Gasteiger partial charge is 0.244 e. The van der Waals surface area contributed by atoms with E-state index in [1.165, 1.54) is 11.1 Å². The van der Waals surface area contributed by atoms with Gasteiger partial charge in [0.15, 0.2) is 0 Å². The van der Waals surface area contributed by atoms with Crippen molar-refractivity contribution in [1.29, 1.82) is 0 Å². The second-order valence-corrected chi connectivity index (χ2v) is 7.02. The molecular weight excluding hydrogens is 352 g/mol. The monoisotopic (exact) mass is 372 g/mol. The third-order valence-corrected chi connectivity index (χ3v) is 4.86. The lowest BCUT2D eigenvalue weighted by atomic mass is 10.1. The molecule has 4 heteroatoms. The maximum Gasteiger partial charge on any atom is 0.244 e. The SMILES string of the molecule is Cc1cccc(CN2CCN(c3cccc(Br)c3)C(=O)[C@H]2C)c1. The average molecular weight is 373 g/mol. The topological polar surface area (TPSA) is 23.6 Å². The second kappa shape index (κ2) is 6.85. The van der Waals surface area contributed by atoms with Crippen LogP contribution in [0.15, 0.2) is 53.0 Å². The first-order valence-electron chi connectivity index (χ1n) is 7.91. The molecule has 2 aromatic carbocycles. The highest BCUT2D eigenvalue weighted by Crippen LogP contribution is 2.24. The second-order valence-electron chi connectivity index (χ2n) is 6.11. The van der Waals surface area contributed by atoms with Gasteiger partial charge in [0.1, 0.15) is 0 Å². The molecule has 1 heterocycles. The molecule has 0 spiro atoms. The fraction of sp³-hybridized carbons (Fsp3) is 0.316. The van der Waals surface area contributed by atoms with E-state index in [1.54, 1.807) is 0 Å². The maximum atomic E-state index is 12.8. The Morgan fingerprint density at radius 2 is 1.91 bits per heavy atom. The highest BCUT2D eigenvalue weighted by atomic mass is 79.9. The van der Waals surface area contributed by atoms with Crippen LogP contribution in [0, 0.1) is 6.92 Å². The molecule has 1 atom stereocenters. The lowest BCUT2D eigenvalue weighted by molar-refractivity contribution is -0.125. The van der Waals surface area contributed by atoms with Crippen molar-refractivity contribution in [1.82, 2.24) is 4.90 Å². The van der Waals surface area contributed by atoms with Gasteiger partial charge in [0.05, 0.1) is 6.04 Å². The molecule has 120 valence electrons. The number of carbonyl (C=O) groups is 1. The quantitative estimate of drug-likeness (QED) is 0.812. The van der Waals surface area contributed by atoms with Crippen molar-refractivity contribution >= 4 is 27.5 Å². The molecule has 0 aromatic heterocycles. The molecule has 0 radical (unpaired) electrons. The zero-order valence-electron chi connectivity index (χ0n) is 13.5. The van der Waals surface area contributed by atoms with Gasteiger partial charge >= 0.3 is 0 Å². The summed E-state index contributed by atoms with van der Waals surface area (Å²) in [4.78, 5) is 16.9. The van der Waals surface area contributed by atoms with Gasteiger partial charge in [-0.2, -0.15) is 0 Å². The van der Waals surface area contributed by atoms with Crippen molar-refractivity contribution in [2.45, 2.75) is 26.4 Å². The number of hydrogen-bond acceptors (Lipinski definition) is 2. The number of anilines is 1. The van der Waals surface area contributed by atoms with Gasteiger partial charge in [-0.15, -0.1) is 0 Å². The largest absolute Gasteiger partial charge is 0.310 e. The maximum absolute atomic E-state index is 12.8. The van der Waals surface area contributed by atoms with Crippen LogP contribution in [0.25, 0.3) is 0 Å². The molecule has 3 rings (SSSR count). The summed E-state index contributed by atoms with van der Waals surface area (Å²) in [5.74, 6) is 0.169. The fourth-order valence-corrected chi connectivity index (χ4v) is 3.46. The van der Waals surface area contributed by atoms with Gasteiger partial charge in [-0.05, 0) is 37.6 Å². The summed E-state index contributed by atoms with van der Waals surface area (Å²) in [6.07, 6.45) is 0. The summed E-state index contributed by atoms with van der Waals surface area (Å²) < 4.78 is 0.998. The van der Waals surface area contributed by atoms with Crippen molar-refractivity contribution in [3.63, 3.8) is 0 Å². The van der Waals surface area contributed by atoms with Gasteiger partial charge in [-0.3, -0.25) is 9.69 Å². The van der Waals surface area contributed by atoms with Crippen molar-refractivity contribution in [2.75, 3.05) is 18.0 Å². The minimum atomic E-state index is -0.108. The minimum absolute atomic E-state index is 0.108. The molecule has 1 aliphatic heterocycles. The van der Waals surface area contributed by atoms with Crippen molar-refractivity contribution in [3.05, 3.63) is 64.1 Å².